The second-order valence-corrected chi connectivity index (χ2v) is 11.8. The summed E-state index contributed by atoms with van der Waals surface area (Å²) in [5.41, 5.74) is 8.11. The maximum Gasteiger partial charge on any atom is 0.136 e. The lowest BCUT2D eigenvalue weighted by Gasteiger charge is -2.31. The molecule has 0 aromatic carbocycles. The van der Waals surface area contributed by atoms with E-state index in [4.69, 9.17) is 5.73 Å². The van der Waals surface area contributed by atoms with Gasteiger partial charge in [-0.1, -0.05) is 94.5 Å². The molecular weight excluding hydrogens is 430 g/mol. The third kappa shape index (κ3) is 21.1. The average Bonchev–Trinajstić information content (AvgIpc) is 3.17. The largest absolute Gasteiger partial charge is 0.401 e. The van der Waals surface area contributed by atoms with Crippen LogP contribution in [-0.2, 0) is 4.79 Å². The molecule has 0 radical (unpaired) electrons. The lowest BCUT2D eigenvalue weighted by atomic mass is 9.86. The van der Waals surface area contributed by atoms with E-state index < -0.39 is 0 Å². The van der Waals surface area contributed by atoms with Gasteiger partial charge in [0.1, 0.15) is 5.78 Å². The maximum atomic E-state index is 10.5. The number of Topliss-reactive ketones (excluding diaryl/α,β-unsaturated/α-hetero) is 1. The van der Waals surface area contributed by atoms with Gasteiger partial charge in [0.25, 0.3) is 0 Å². The van der Waals surface area contributed by atoms with E-state index in [9.17, 15) is 4.79 Å². The minimum absolute atomic E-state index is 0.0787. The molecular formula is C31H61N3O. The number of nitrogens with zero attached hydrogens (tertiary/aromatic N) is 1. The molecule has 0 saturated carbocycles. The van der Waals surface area contributed by atoms with Crippen LogP contribution >= 0.6 is 0 Å². The topological polar surface area (TPSA) is 58.4 Å². The highest BCUT2D eigenvalue weighted by Crippen LogP contribution is 2.25. The number of hydrogen-bond donors (Lipinski definition) is 2. The molecule has 3 atom stereocenters. The third-order valence-electron chi connectivity index (χ3n) is 5.67. The van der Waals surface area contributed by atoms with Gasteiger partial charge in [0.2, 0.25) is 0 Å². The first-order valence-corrected chi connectivity index (χ1v) is 13.3. The molecule has 0 bridgehead atoms. The highest BCUT2D eigenvalue weighted by atomic mass is 16.1. The number of likely N-dealkylation sites (tertiary alicyclic amines) is 1. The zero-order valence-electron chi connectivity index (χ0n) is 25.4. The van der Waals surface area contributed by atoms with E-state index >= 15 is 0 Å². The Morgan fingerprint density at radius 1 is 1.11 bits per heavy atom. The summed E-state index contributed by atoms with van der Waals surface area (Å²) in [6.07, 6.45) is 9.03. The summed E-state index contributed by atoms with van der Waals surface area (Å²) in [6.45, 7) is 39.6. The Balaban J connectivity index is -0.000000429. The van der Waals surface area contributed by atoms with E-state index in [2.05, 4.69) is 98.8 Å². The van der Waals surface area contributed by atoms with E-state index in [0.29, 0.717) is 22.9 Å². The van der Waals surface area contributed by atoms with Gasteiger partial charge in [0.15, 0.2) is 0 Å². The zero-order chi connectivity index (χ0) is 28.4. The summed E-state index contributed by atoms with van der Waals surface area (Å²) in [5.74, 6) is 0.289. The Bertz CT molecular complexity index is 622. The fraction of sp³-hybridized carbons (Fsp3) is 0.710. The Hall–Kier alpha value is -1.97. The van der Waals surface area contributed by atoms with Crippen molar-refractivity contribution in [3.05, 3.63) is 50.0 Å². The lowest BCUT2D eigenvalue weighted by molar-refractivity contribution is -0.119. The van der Waals surface area contributed by atoms with E-state index in [1.807, 2.05) is 13.1 Å². The summed E-state index contributed by atoms with van der Waals surface area (Å²) in [4.78, 5) is 12.7. The molecule has 0 amide bonds. The lowest BCUT2D eigenvalue weighted by Crippen LogP contribution is -2.37. The summed E-state index contributed by atoms with van der Waals surface area (Å²) in [5, 5.41) is 3.48. The van der Waals surface area contributed by atoms with E-state index in [1.54, 1.807) is 13.0 Å². The number of carbonyl (C=O) groups excluding carboxylic acids is 1. The van der Waals surface area contributed by atoms with Gasteiger partial charge in [-0.2, -0.15) is 0 Å². The van der Waals surface area contributed by atoms with Crippen LogP contribution in [0.4, 0.5) is 0 Å². The van der Waals surface area contributed by atoms with Crippen molar-refractivity contribution < 1.29 is 4.79 Å². The fourth-order valence-electron chi connectivity index (χ4n) is 3.24. The number of carbonyl (C=O) groups is 1. The average molecular weight is 492 g/mol. The summed E-state index contributed by atoms with van der Waals surface area (Å²) >= 11 is 0. The van der Waals surface area contributed by atoms with Crippen LogP contribution in [0.15, 0.2) is 50.0 Å². The Morgan fingerprint density at radius 3 is 1.83 bits per heavy atom. The van der Waals surface area contributed by atoms with Crippen LogP contribution in [0.25, 0.3) is 0 Å². The normalized spacial score (nSPS) is 16.5. The second-order valence-electron chi connectivity index (χ2n) is 11.8. The fourth-order valence-corrected chi connectivity index (χ4v) is 3.24. The zero-order valence-corrected chi connectivity index (χ0v) is 25.4. The van der Waals surface area contributed by atoms with Crippen LogP contribution in [0, 0.1) is 16.7 Å². The van der Waals surface area contributed by atoms with Gasteiger partial charge >= 0.3 is 0 Å². The van der Waals surface area contributed by atoms with Gasteiger partial charge in [0, 0.05) is 29.9 Å². The maximum absolute atomic E-state index is 10.5. The molecule has 4 heteroatoms. The molecule has 3 N–H and O–H groups in total. The standard InChI is InChI=1S/C13H27N.C8H14N2.C7H12O.C3H8/c1-10(9-12(3,4)5)14-11(2)13(6,7)8;1-3-10-6-4-5-8(10)7(2)9;1-4-7(5-2)6(3)8;1-3-2/h11,14H,1,9H2,2-8H3;3,8H,1-2,4-6,9H2;4,7H,1,5H2,2-3H3;3H2,1-2H3/t11-;8-;;/m10../s1. The molecule has 206 valence electrons. The van der Waals surface area contributed by atoms with Gasteiger partial charge in [0.05, 0.1) is 6.04 Å². The Morgan fingerprint density at radius 2 is 1.60 bits per heavy atom. The highest BCUT2D eigenvalue weighted by molar-refractivity contribution is 5.79. The van der Waals surface area contributed by atoms with Gasteiger partial charge in [-0.05, 0) is 56.6 Å². The molecule has 1 aliphatic rings. The summed E-state index contributed by atoms with van der Waals surface area (Å²) < 4.78 is 0. The monoisotopic (exact) mass is 491 g/mol. The van der Waals surface area contributed by atoms with Crippen LogP contribution in [0.3, 0.4) is 0 Å². The van der Waals surface area contributed by atoms with Crippen molar-refractivity contribution >= 4 is 5.78 Å². The van der Waals surface area contributed by atoms with E-state index in [1.165, 1.54) is 12.8 Å². The van der Waals surface area contributed by atoms with Gasteiger partial charge in [-0.25, -0.2) is 0 Å². The first-order chi connectivity index (χ1) is 15.9. The van der Waals surface area contributed by atoms with Gasteiger partial charge in [-0.3, -0.25) is 4.79 Å². The number of allylic oxidation sites excluding steroid dienone is 2. The molecule has 1 fully saturated rings. The molecule has 0 aromatic heterocycles. The Labute approximate surface area is 220 Å². The number of hydrogen-bond acceptors (Lipinski definition) is 4. The predicted octanol–water partition coefficient (Wildman–Crippen LogP) is 8.23. The van der Waals surface area contributed by atoms with Crippen molar-refractivity contribution in [2.75, 3.05) is 6.54 Å². The van der Waals surface area contributed by atoms with Crippen molar-refractivity contribution in [1.82, 2.24) is 10.2 Å². The minimum atomic E-state index is 0.0787. The van der Waals surface area contributed by atoms with Crippen LogP contribution in [0.2, 0.25) is 0 Å². The van der Waals surface area contributed by atoms with E-state index in [-0.39, 0.29) is 11.7 Å². The van der Waals surface area contributed by atoms with Crippen molar-refractivity contribution in [3.63, 3.8) is 0 Å². The third-order valence-corrected chi connectivity index (χ3v) is 5.67. The van der Waals surface area contributed by atoms with Crippen molar-refractivity contribution in [3.8, 4) is 0 Å². The summed E-state index contributed by atoms with van der Waals surface area (Å²) in [7, 11) is 0. The van der Waals surface area contributed by atoms with Crippen LogP contribution < -0.4 is 11.1 Å². The van der Waals surface area contributed by atoms with Crippen molar-refractivity contribution in [1.29, 1.82) is 0 Å². The van der Waals surface area contributed by atoms with Crippen molar-refractivity contribution in [2.45, 2.75) is 120 Å². The quantitative estimate of drug-likeness (QED) is 0.336. The molecule has 0 spiro atoms. The molecule has 1 heterocycles. The first kappa shape index (κ1) is 37.6. The molecule has 1 rings (SSSR count). The van der Waals surface area contributed by atoms with Crippen molar-refractivity contribution in [2.24, 2.45) is 22.5 Å². The number of ketones is 1. The first-order valence-electron chi connectivity index (χ1n) is 13.3. The molecule has 35 heavy (non-hydrogen) atoms. The number of nitrogens with one attached hydrogen (secondary N) is 1. The van der Waals surface area contributed by atoms with E-state index in [0.717, 1.165) is 37.2 Å². The highest BCUT2D eigenvalue weighted by Gasteiger charge is 2.22. The number of nitrogens with two attached hydrogens (primary N) is 1. The SMILES string of the molecule is C=C(CC(C)(C)C)N[C@H](C)C(C)(C)C.C=CC(CC)C(C)=O.C=CN1CCC[C@H]1C(=C)N.CCC. The Kier molecular flexibility index (Phi) is 20.7. The molecule has 0 aromatic rings. The molecule has 1 unspecified atom stereocenters. The molecule has 0 aliphatic carbocycles. The van der Waals surface area contributed by atoms with Gasteiger partial charge in [-0.15, -0.1) is 6.58 Å². The summed E-state index contributed by atoms with van der Waals surface area (Å²) in [6, 6.07) is 0.815. The van der Waals surface area contributed by atoms with Crippen LogP contribution in [0.5, 0.6) is 0 Å². The second kappa shape index (κ2) is 19.2. The predicted molar refractivity (Wildman–Crippen MR) is 159 cm³/mol. The minimum Gasteiger partial charge on any atom is -0.401 e. The smallest absolute Gasteiger partial charge is 0.136 e. The molecule has 4 nitrogen and oxygen atoms in total. The van der Waals surface area contributed by atoms with Crippen LogP contribution in [-0.4, -0.2) is 29.3 Å². The molecule has 1 aliphatic heterocycles. The van der Waals surface area contributed by atoms with Crippen LogP contribution in [0.1, 0.15) is 108 Å². The number of rotatable bonds is 8. The van der Waals surface area contributed by atoms with Gasteiger partial charge < -0.3 is 16.0 Å². The molecule has 1 saturated heterocycles.